The molecule has 0 aromatic heterocycles. The van der Waals surface area contributed by atoms with Crippen molar-refractivity contribution in [3.05, 3.63) is 59.7 Å². The van der Waals surface area contributed by atoms with E-state index in [2.05, 4.69) is 20.9 Å². The summed E-state index contributed by atoms with van der Waals surface area (Å²) >= 11 is 0. The maximum atomic E-state index is 12.6. The second-order valence-electron chi connectivity index (χ2n) is 7.39. The number of carbonyl (C=O) groups excluding carboxylic acids is 3. The summed E-state index contributed by atoms with van der Waals surface area (Å²) in [7, 11) is 0. The molecule has 0 radical (unpaired) electrons. The van der Waals surface area contributed by atoms with Crippen LogP contribution in [0.2, 0.25) is 0 Å². The standard InChI is InChI=1S/C22H28N6O4/c1-13(2)32-22(31)25-14(3)11-15-7-9-17(10-8-15)26-19(29)16-5-4-6-18(12-16)27-20(23)28-21(24)30/h4-10,12-14H,11H2,1-3H3,(H,25,31)(H,26,29)(H5,23,24,27,28,30). The number of amides is 4. The van der Waals surface area contributed by atoms with Crippen LogP contribution < -0.4 is 27.4 Å². The van der Waals surface area contributed by atoms with Crippen LogP contribution >= 0.6 is 0 Å². The molecule has 7 N–H and O–H groups in total. The van der Waals surface area contributed by atoms with Gasteiger partial charge in [0, 0.05) is 17.3 Å². The van der Waals surface area contributed by atoms with Gasteiger partial charge in [-0.1, -0.05) is 18.2 Å². The molecule has 0 bridgehead atoms. The number of guanidine groups is 1. The van der Waals surface area contributed by atoms with Crippen LogP contribution in [0.3, 0.4) is 0 Å². The molecule has 2 rings (SSSR count). The van der Waals surface area contributed by atoms with E-state index in [1.54, 1.807) is 44.2 Å². The van der Waals surface area contributed by atoms with Gasteiger partial charge in [-0.05, 0) is 63.1 Å². The molecule has 1 atom stereocenters. The van der Waals surface area contributed by atoms with Crippen molar-refractivity contribution < 1.29 is 19.1 Å². The number of nitrogens with one attached hydrogen (secondary N) is 3. The Morgan fingerprint density at radius 2 is 1.72 bits per heavy atom. The molecule has 0 saturated heterocycles. The maximum absolute atomic E-state index is 12.6. The van der Waals surface area contributed by atoms with E-state index in [4.69, 9.17) is 16.2 Å². The van der Waals surface area contributed by atoms with E-state index in [-0.39, 0.29) is 24.0 Å². The minimum atomic E-state index is -0.829. The van der Waals surface area contributed by atoms with Gasteiger partial charge < -0.3 is 26.8 Å². The van der Waals surface area contributed by atoms with Crippen molar-refractivity contribution >= 4 is 35.4 Å². The summed E-state index contributed by atoms with van der Waals surface area (Å²) in [6.45, 7) is 5.47. The summed E-state index contributed by atoms with van der Waals surface area (Å²) in [5.74, 6) is -0.505. The van der Waals surface area contributed by atoms with Crippen molar-refractivity contribution in [2.45, 2.75) is 39.3 Å². The van der Waals surface area contributed by atoms with Gasteiger partial charge in [-0.2, -0.15) is 0 Å². The number of alkyl carbamates (subject to hydrolysis) is 1. The Morgan fingerprint density at radius 1 is 1.03 bits per heavy atom. The van der Waals surface area contributed by atoms with Crippen LogP contribution in [0.4, 0.5) is 21.0 Å². The largest absolute Gasteiger partial charge is 0.447 e. The zero-order valence-electron chi connectivity index (χ0n) is 18.2. The summed E-state index contributed by atoms with van der Waals surface area (Å²) in [6, 6.07) is 12.8. The summed E-state index contributed by atoms with van der Waals surface area (Å²) < 4.78 is 5.07. The number of rotatable bonds is 7. The zero-order valence-corrected chi connectivity index (χ0v) is 18.2. The van der Waals surface area contributed by atoms with E-state index in [9.17, 15) is 14.4 Å². The summed E-state index contributed by atoms with van der Waals surface area (Å²) in [4.78, 5) is 39.0. The molecule has 0 fully saturated rings. The average Bonchev–Trinajstić information content (AvgIpc) is 2.68. The molecule has 0 spiro atoms. The highest BCUT2D eigenvalue weighted by atomic mass is 16.6. The van der Waals surface area contributed by atoms with Gasteiger partial charge in [0.1, 0.15) is 0 Å². The summed E-state index contributed by atoms with van der Waals surface area (Å²) in [5, 5.41) is 7.74. The maximum Gasteiger partial charge on any atom is 0.407 e. The molecule has 10 heteroatoms. The van der Waals surface area contributed by atoms with E-state index < -0.39 is 12.1 Å². The second kappa shape index (κ2) is 11.3. The number of nitrogens with two attached hydrogens (primary N) is 2. The van der Waals surface area contributed by atoms with Gasteiger partial charge in [0.15, 0.2) is 0 Å². The van der Waals surface area contributed by atoms with Crippen molar-refractivity contribution in [1.82, 2.24) is 10.6 Å². The number of hydrogen-bond donors (Lipinski definition) is 5. The molecule has 32 heavy (non-hydrogen) atoms. The van der Waals surface area contributed by atoms with Crippen LogP contribution in [-0.4, -0.2) is 36.1 Å². The van der Waals surface area contributed by atoms with Gasteiger partial charge >= 0.3 is 12.1 Å². The Bertz CT molecular complexity index is 988. The molecular weight excluding hydrogens is 412 g/mol. The number of carbonyl (C=O) groups is 3. The number of urea groups is 1. The van der Waals surface area contributed by atoms with Crippen LogP contribution in [0.5, 0.6) is 0 Å². The molecule has 1 unspecified atom stereocenters. The quantitative estimate of drug-likeness (QED) is 0.330. The highest BCUT2D eigenvalue weighted by Gasteiger charge is 2.11. The van der Waals surface area contributed by atoms with Gasteiger partial charge in [-0.15, -0.1) is 0 Å². The Hall–Kier alpha value is -4.08. The molecular formula is C22H28N6O4. The highest BCUT2D eigenvalue weighted by Crippen LogP contribution is 2.17. The minimum Gasteiger partial charge on any atom is -0.447 e. The average molecular weight is 441 g/mol. The van der Waals surface area contributed by atoms with Crippen molar-refractivity contribution in [3.8, 4) is 0 Å². The van der Waals surface area contributed by atoms with Gasteiger partial charge in [-0.3, -0.25) is 10.1 Å². The van der Waals surface area contributed by atoms with Crippen LogP contribution in [0.15, 0.2) is 53.5 Å². The number of nitrogens with zero attached hydrogens (tertiary/aromatic N) is 1. The fourth-order valence-corrected chi connectivity index (χ4v) is 2.79. The van der Waals surface area contributed by atoms with Crippen molar-refractivity contribution in [3.63, 3.8) is 0 Å². The molecule has 0 aliphatic rings. The number of ether oxygens (including phenoxy) is 1. The predicted octanol–water partition coefficient (Wildman–Crippen LogP) is 2.62. The molecule has 0 aliphatic carbocycles. The highest BCUT2D eigenvalue weighted by molar-refractivity contribution is 6.05. The van der Waals surface area contributed by atoms with Crippen LogP contribution in [-0.2, 0) is 11.2 Å². The minimum absolute atomic E-state index is 0.110. The van der Waals surface area contributed by atoms with E-state index in [1.807, 2.05) is 19.1 Å². The van der Waals surface area contributed by atoms with E-state index in [1.165, 1.54) is 6.07 Å². The van der Waals surface area contributed by atoms with Crippen LogP contribution in [0.1, 0.15) is 36.7 Å². The Labute approximate surface area is 186 Å². The Kier molecular flexibility index (Phi) is 8.58. The lowest BCUT2D eigenvalue weighted by Gasteiger charge is -2.16. The van der Waals surface area contributed by atoms with E-state index >= 15 is 0 Å². The normalized spacial score (nSPS) is 12.1. The molecule has 4 amide bonds. The van der Waals surface area contributed by atoms with Gasteiger partial charge in [0.25, 0.3) is 5.91 Å². The lowest BCUT2D eigenvalue weighted by Crippen LogP contribution is -2.39. The molecule has 170 valence electrons. The van der Waals surface area contributed by atoms with E-state index in [0.29, 0.717) is 23.4 Å². The number of primary amides is 1. The molecule has 0 heterocycles. The fraction of sp³-hybridized carbons (Fsp3) is 0.273. The van der Waals surface area contributed by atoms with Crippen molar-refractivity contribution in [2.75, 3.05) is 5.32 Å². The topological polar surface area (TPSA) is 161 Å². The third-order valence-electron chi connectivity index (χ3n) is 4.07. The first kappa shape index (κ1) is 24.2. The van der Waals surface area contributed by atoms with E-state index in [0.717, 1.165) is 5.56 Å². The first-order chi connectivity index (χ1) is 15.1. The summed E-state index contributed by atoms with van der Waals surface area (Å²) in [5.41, 5.74) is 12.9. The molecule has 2 aromatic carbocycles. The Morgan fingerprint density at radius 3 is 2.34 bits per heavy atom. The molecule has 0 saturated carbocycles. The van der Waals surface area contributed by atoms with Crippen molar-refractivity contribution in [2.24, 2.45) is 16.5 Å². The lowest BCUT2D eigenvalue weighted by molar-refractivity contribution is 0.102. The number of benzene rings is 2. The molecule has 2 aromatic rings. The van der Waals surface area contributed by atoms with Crippen LogP contribution in [0.25, 0.3) is 0 Å². The summed E-state index contributed by atoms with van der Waals surface area (Å²) in [6.07, 6.45) is -0.0146. The lowest BCUT2D eigenvalue weighted by atomic mass is 10.1. The molecule has 10 nitrogen and oxygen atoms in total. The first-order valence-corrected chi connectivity index (χ1v) is 10.0. The number of anilines is 1. The smallest absolute Gasteiger partial charge is 0.407 e. The second-order valence-corrected chi connectivity index (χ2v) is 7.39. The third kappa shape index (κ3) is 8.34. The van der Waals surface area contributed by atoms with Crippen molar-refractivity contribution in [1.29, 1.82) is 0 Å². The van der Waals surface area contributed by atoms with Crippen LogP contribution in [0, 0.1) is 0 Å². The number of hydrogen-bond acceptors (Lipinski definition) is 5. The predicted molar refractivity (Wildman–Crippen MR) is 123 cm³/mol. The monoisotopic (exact) mass is 440 g/mol. The van der Waals surface area contributed by atoms with Gasteiger partial charge in [0.05, 0.1) is 11.8 Å². The SMILES string of the molecule is CC(Cc1ccc(NC(=O)c2cccc(N=C(N)NC(N)=O)c2)cc1)NC(=O)OC(C)C. The van der Waals surface area contributed by atoms with Gasteiger partial charge in [-0.25, -0.2) is 14.6 Å². The third-order valence-corrected chi connectivity index (χ3v) is 4.07. The zero-order chi connectivity index (χ0) is 23.7. The Balaban J connectivity index is 1.96. The van der Waals surface area contributed by atoms with Gasteiger partial charge in [0.2, 0.25) is 5.96 Å². The fourth-order valence-electron chi connectivity index (χ4n) is 2.79. The first-order valence-electron chi connectivity index (χ1n) is 10.0. The molecule has 0 aliphatic heterocycles. The number of aliphatic imine (C=N–C) groups is 1.